The number of aliphatic imine (C=N–C) groups is 2. The average Bonchev–Trinajstić information content (AvgIpc) is 3.95. The Morgan fingerprint density at radius 1 is 0.439 bits per heavy atom. The van der Waals surface area contributed by atoms with Crippen molar-refractivity contribution in [3.8, 4) is 16.8 Å². The van der Waals surface area contributed by atoms with Crippen molar-refractivity contribution in [2.45, 2.75) is 6.17 Å². The molecule has 8 aromatic carbocycles. The first-order valence-corrected chi connectivity index (χ1v) is 20.8. The van der Waals surface area contributed by atoms with Gasteiger partial charge < -0.3 is 9.88 Å². The van der Waals surface area contributed by atoms with Gasteiger partial charge in [-0.05, 0) is 77.4 Å². The minimum absolute atomic E-state index is 0.239. The summed E-state index contributed by atoms with van der Waals surface area (Å²) in [7, 11) is 0. The van der Waals surface area contributed by atoms with Crippen LogP contribution in [0.5, 0.6) is 0 Å². The lowest BCUT2D eigenvalue weighted by atomic mass is 10.0. The average molecular weight is 765 g/mol. The number of aromatic nitrogens is 1. The van der Waals surface area contributed by atoms with Crippen LogP contribution in [0.4, 0.5) is 0 Å². The lowest BCUT2D eigenvalue weighted by molar-refractivity contribution is 0.674. The third kappa shape index (κ3) is 5.26. The molecule has 0 amide bonds. The second-order valence-corrected chi connectivity index (χ2v) is 16.8. The van der Waals surface area contributed by atoms with E-state index in [1.807, 2.05) is 46.9 Å². The highest BCUT2D eigenvalue weighted by molar-refractivity contribution is 7.26. The number of thiophene rings is 2. The van der Waals surface area contributed by atoms with Crippen molar-refractivity contribution in [2.24, 2.45) is 9.98 Å². The van der Waals surface area contributed by atoms with Gasteiger partial charge in [0.15, 0.2) is 5.84 Å². The Labute approximate surface area is 336 Å². The van der Waals surface area contributed by atoms with Crippen LogP contribution in [0.1, 0.15) is 22.9 Å². The molecule has 11 aromatic rings. The van der Waals surface area contributed by atoms with Crippen molar-refractivity contribution in [1.29, 1.82) is 0 Å². The van der Waals surface area contributed by atoms with Gasteiger partial charge in [-0.15, -0.1) is 22.7 Å². The van der Waals surface area contributed by atoms with Gasteiger partial charge in [-0.1, -0.05) is 121 Å². The Hall–Kier alpha value is -6.86. The summed E-state index contributed by atoms with van der Waals surface area (Å²) in [5.74, 6) is 1.56. The van der Waals surface area contributed by atoms with Crippen molar-refractivity contribution >= 4 is 96.5 Å². The number of rotatable bonds is 5. The molecule has 0 bridgehead atoms. The molecule has 1 N–H and O–H groups in total. The molecule has 57 heavy (non-hydrogen) atoms. The van der Waals surface area contributed by atoms with E-state index in [0.29, 0.717) is 0 Å². The maximum Gasteiger partial charge on any atom is 0.159 e. The number of benzene rings is 8. The Morgan fingerprint density at radius 2 is 1.05 bits per heavy atom. The molecule has 0 spiro atoms. The first-order valence-electron chi connectivity index (χ1n) is 19.2. The number of para-hydroxylation sites is 2. The van der Waals surface area contributed by atoms with Gasteiger partial charge in [-0.2, -0.15) is 0 Å². The Kier molecular flexibility index (Phi) is 7.30. The fourth-order valence-electron chi connectivity index (χ4n) is 8.58. The normalized spacial score (nSPS) is 14.5. The summed E-state index contributed by atoms with van der Waals surface area (Å²) in [6.07, 6.45) is -0.239. The first-order chi connectivity index (χ1) is 28.2. The molecule has 0 fully saturated rings. The van der Waals surface area contributed by atoms with Gasteiger partial charge in [0, 0.05) is 62.2 Å². The van der Waals surface area contributed by atoms with E-state index < -0.39 is 0 Å². The van der Waals surface area contributed by atoms with Crippen LogP contribution in [-0.2, 0) is 0 Å². The predicted octanol–water partition coefficient (Wildman–Crippen LogP) is 13.7. The van der Waals surface area contributed by atoms with Gasteiger partial charge in [0.05, 0.1) is 16.7 Å². The zero-order chi connectivity index (χ0) is 37.5. The number of hydrogen-bond acceptors (Lipinski definition) is 5. The van der Waals surface area contributed by atoms with Crippen LogP contribution in [0.25, 0.3) is 79.0 Å². The fraction of sp³-hybridized carbons (Fsp3) is 0.0196. The minimum Gasteiger partial charge on any atom is -0.344 e. The van der Waals surface area contributed by atoms with Crippen LogP contribution in [0.15, 0.2) is 192 Å². The predicted molar refractivity (Wildman–Crippen MR) is 244 cm³/mol. The Morgan fingerprint density at radius 3 is 1.81 bits per heavy atom. The van der Waals surface area contributed by atoms with Gasteiger partial charge in [0.25, 0.3) is 0 Å². The molecule has 0 saturated carbocycles. The van der Waals surface area contributed by atoms with Crippen molar-refractivity contribution in [2.75, 3.05) is 0 Å². The molecule has 0 aliphatic carbocycles. The van der Waals surface area contributed by atoms with Crippen molar-refractivity contribution < 1.29 is 0 Å². The quantitative estimate of drug-likeness (QED) is 0.186. The molecule has 4 heterocycles. The topological polar surface area (TPSA) is 41.7 Å². The van der Waals surface area contributed by atoms with Crippen LogP contribution >= 0.6 is 22.7 Å². The van der Waals surface area contributed by atoms with E-state index in [4.69, 9.17) is 9.98 Å². The largest absolute Gasteiger partial charge is 0.344 e. The fourth-order valence-corrected chi connectivity index (χ4v) is 10.8. The maximum absolute atomic E-state index is 5.09. The van der Waals surface area contributed by atoms with Crippen LogP contribution in [-0.4, -0.2) is 16.2 Å². The molecule has 6 heteroatoms. The first kappa shape index (κ1) is 32.4. The molecule has 1 atom stereocenters. The number of hydrogen-bond donors (Lipinski definition) is 1. The van der Waals surface area contributed by atoms with E-state index >= 15 is 0 Å². The molecular weight excluding hydrogens is 733 g/mol. The number of fused-ring (bicyclic) bond motifs is 9. The maximum atomic E-state index is 5.09. The van der Waals surface area contributed by atoms with E-state index in [1.54, 1.807) is 0 Å². The van der Waals surface area contributed by atoms with E-state index in [1.165, 1.54) is 79.0 Å². The highest BCUT2D eigenvalue weighted by atomic mass is 32.1. The Bertz CT molecular complexity index is 3390. The smallest absolute Gasteiger partial charge is 0.159 e. The van der Waals surface area contributed by atoms with Gasteiger partial charge >= 0.3 is 0 Å². The van der Waals surface area contributed by atoms with Crippen LogP contribution in [0.3, 0.4) is 0 Å². The standard InChI is InChI=1S/C51H32N4S2/c1-3-12-31(13-4-1)49-52-50(32-14-5-2-6-15-32)54-51(53-49)35-24-27-45-40(29-35)39-28-33(23-26-44(39)56-45)34-22-25-38-47(30-34)57-46-21-11-20-43(48(38)46)55-41-18-9-7-16-36(41)37-17-8-10-19-42(37)55/h1-30,49H,(H,52,53,54). The second-order valence-electron chi connectivity index (χ2n) is 14.6. The van der Waals surface area contributed by atoms with Gasteiger partial charge in [-0.25, -0.2) is 9.98 Å². The summed E-state index contributed by atoms with van der Waals surface area (Å²) < 4.78 is 7.57. The van der Waals surface area contributed by atoms with E-state index in [-0.39, 0.29) is 6.17 Å². The van der Waals surface area contributed by atoms with E-state index in [9.17, 15) is 0 Å². The summed E-state index contributed by atoms with van der Waals surface area (Å²) in [6.45, 7) is 0. The molecule has 3 aromatic heterocycles. The zero-order valence-corrected chi connectivity index (χ0v) is 32.2. The van der Waals surface area contributed by atoms with E-state index in [2.05, 4.69) is 168 Å². The van der Waals surface area contributed by atoms with Crippen LogP contribution in [0, 0.1) is 0 Å². The molecule has 0 radical (unpaired) electrons. The van der Waals surface area contributed by atoms with Gasteiger partial charge in [0.2, 0.25) is 0 Å². The third-order valence-electron chi connectivity index (χ3n) is 11.3. The van der Waals surface area contributed by atoms with Crippen molar-refractivity contribution in [3.63, 3.8) is 0 Å². The lowest BCUT2D eigenvalue weighted by Crippen LogP contribution is -2.33. The van der Waals surface area contributed by atoms with Gasteiger partial charge in [0.1, 0.15) is 12.0 Å². The number of nitrogens with one attached hydrogen (secondary N) is 1. The summed E-state index contributed by atoms with van der Waals surface area (Å²) in [5, 5.41) is 11.3. The lowest BCUT2D eigenvalue weighted by Gasteiger charge is -2.23. The highest BCUT2D eigenvalue weighted by Gasteiger charge is 2.22. The number of nitrogens with zero attached hydrogens (tertiary/aromatic N) is 3. The molecule has 1 unspecified atom stereocenters. The van der Waals surface area contributed by atoms with E-state index in [0.717, 1.165) is 28.4 Å². The summed E-state index contributed by atoms with van der Waals surface area (Å²) in [4.78, 5) is 10.1. The van der Waals surface area contributed by atoms with Gasteiger partial charge in [-0.3, -0.25) is 0 Å². The van der Waals surface area contributed by atoms with Crippen molar-refractivity contribution in [1.82, 2.24) is 9.88 Å². The molecule has 1 aliphatic heterocycles. The SMILES string of the molecule is c1ccc(C2=NC(c3ccccc3)NC(c3ccc4sc5ccc(-c6ccc7c(c6)sc6cccc(-n8c9ccccc9c9ccccc98)c67)cc5c4c3)=N2)cc1. The molecule has 0 saturated heterocycles. The summed E-state index contributed by atoms with van der Waals surface area (Å²) >= 11 is 3.71. The molecular formula is C51H32N4S2. The number of amidine groups is 2. The monoisotopic (exact) mass is 764 g/mol. The molecule has 12 rings (SSSR count). The molecule has 4 nitrogen and oxygen atoms in total. The molecule has 1 aliphatic rings. The summed E-state index contributed by atoms with van der Waals surface area (Å²) in [5.41, 5.74) is 9.26. The second kappa shape index (κ2) is 12.8. The third-order valence-corrected chi connectivity index (χ3v) is 13.5. The summed E-state index contributed by atoms with van der Waals surface area (Å²) in [6, 6.07) is 65.5. The minimum atomic E-state index is -0.239. The zero-order valence-electron chi connectivity index (χ0n) is 30.6. The molecule has 268 valence electrons. The van der Waals surface area contributed by atoms with Crippen LogP contribution < -0.4 is 5.32 Å². The van der Waals surface area contributed by atoms with Crippen molar-refractivity contribution in [3.05, 3.63) is 199 Å². The highest BCUT2D eigenvalue weighted by Crippen LogP contribution is 2.43. The Balaban J connectivity index is 0.957. The van der Waals surface area contributed by atoms with Crippen LogP contribution in [0.2, 0.25) is 0 Å².